The van der Waals surface area contributed by atoms with Crippen LogP contribution in [0.4, 0.5) is 4.79 Å². The summed E-state index contributed by atoms with van der Waals surface area (Å²) in [6.07, 6.45) is 11.9. The first kappa shape index (κ1) is 18.8. The summed E-state index contributed by atoms with van der Waals surface area (Å²) in [6.45, 7) is 10.0. The van der Waals surface area contributed by atoms with E-state index in [9.17, 15) is 4.79 Å². The van der Waals surface area contributed by atoms with Gasteiger partial charge >= 0.3 is 6.16 Å². The van der Waals surface area contributed by atoms with Crippen LogP contribution in [0.3, 0.4) is 0 Å². The van der Waals surface area contributed by atoms with Crippen LogP contribution < -0.4 is 0 Å². The molecule has 0 saturated heterocycles. The average Bonchev–Trinajstić information content (AvgIpc) is 2.41. The number of hydrogen-bond acceptors (Lipinski definition) is 3. The summed E-state index contributed by atoms with van der Waals surface area (Å²) in [4.78, 5) is 11.1. The molecule has 116 valence electrons. The van der Waals surface area contributed by atoms with E-state index in [0.29, 0.717) is 6.61 Å². The van der Waals surface area contributed by atoms with E-state index in [1.807, 2.05) is 6.08 Å². The zero-order valence-electron chi connectivity index (χ0n) is 13.3. The van der Waals surface area contributed by atoms with Gasteiger partial charge in [0, 0.05) is 0 Å². The van der Waals surface area contributed by atoms with Gasteiger partial charge < -0.3 is 9.47 Å². The lowest BCUT2D eigenvalue weighted by atomic mass is 10.1. The third-order valence-corrected chi connectivity index (χ3v) is 3.11. The molecule has 0 aromatic heterocycles. The second-order valence-corrected chi connectivity index (χ2v) is 4.98. The van der Waals surface area contributed by atoms with E-state index >= 15 is 0 Å². The van der Waals surface area contributed by atoms with Crippen LogP contribution in [0.5, 0.6) is 0 Å². The summed E-state index contributed by atoms with van der Waals surface area (Å²) in [6, 6.07) is 0. The zero-order valence-corrected chi connectivity index (χ0v) is 13.3. The first-order valence-electron chi connectivity index (χ1n) is 7.80. The highest BCUT2D eigenvalue weighted by Crippen LogP contribution is 2.10. The Morgan fingerprint density at radius 2 is 1.80 bits per heavy atom. The Balaban J connectivity index is 3.68. The van der Waals surface area contributed by atoms with E-state index in [2.05, 4.69) is 19.6 Å². The Morgan fingerprint density at radius 1 is 1.15 bits per heavy atom. The number of carbonyl (C=O) groups is 1. The fourth-order valence-electron chi connectivity index (χ4n) is 1.78. The lowest BCUT2D eigenvalue weighted by Crippen LogP contribution is -2.16. The van der Waals surface area contributed by atoms with Crippen molar-refractivity contribution in [3.05, 3.63) is 24.3 Å². The molecule has 20 heavy (non-hydrogen) atoms. The molecule has 0 fully saturated rings. The molecule has 1 unspecified atom stereocenters. The first-order valence-corrected chi connectivity index (χ1v) is 7.80. The molecule has 0 heterocycles. The van der Waals surface area contributed by atoms with Crippen molar-refractivity contribution in [1.82, 2.24) is 0 Å². The Labute approximate surface area is 124 Å². The Morgan fingerprint density at radius 3 is 2.45 bits per heavy atom. The molecule has 0 aromatic carbocycles. The van der Waals surface area contributed by atoms with Crippen molar-refractivity contribution < 1.29 is 14.3 Å². The monoisotopic (exact) mass is 282 g/mol. The van der Waals surface area contributed by atoms with Crippen LogP contribution in [-0.2, 0) is 9.47 Å². The van der Waals surface area contributed by atoms with Gasteiger partial charge in [0.2, 0.25) is 0 Å². The SMILES string of the molecule is C=C(/C=C/CCCCCCCC)C(C)OC(=O)OCC. The summed E-state index contributed by atoms with van der Waals surface area (Å²) in [5.41, 5.74) is 0.795. The third kappa shape index (κ3) is 10.7. The van der Waals surface area contributed by atoms with Gasteiger partial charge in [0.15, 0.2) is 0 Å². The van der Waals surface area contributed by atoms with E-state index in [-0.39, 0.29) is 6.10 Å². The summed E-state index contributed by atoms with van der Waals surface area (Å²) in [7, 11) is 0. The Kier molecular flexibility index (Phi) is 12.0. The van der Waals surface area contributed by atoms with Gasteiger partial charge in [-0.05, 0) is 32.3 Å². The standard InChI is InChI=1S/C17H30O3/c1-5-7-8-9-10-11-12-13-14-15(3)16(4)20-17(18)19-6-2/h13-14,16H,3,5-12H2,1-2,4H3/b14-13+. The van der Waals surface area contributed by atoms with Crippen molar-refractivity contribution in [3.8, 4) is 0 Å². The predicted molar refractivity (Wildman–Crippen MR) is 83.8 cm³/mol. The van der Waals surface area contributed by atoms with Gasteiger partial charge in [-0.2, -0.15) is 0 Å². The first-order chi connectivity index (χ1) is 9.61. The fourth-order valence-corrected chi connectivity index (χ4v) is 1.78. The maximum absolute atomic E-state index is 11.1. The van der Waals surface area contributed by atoms with Gasteiger partial charge in [0.25, 0.3) is 0 Å². The van der Waals surface area contributed by atoms with Crippen molar-refractivity contribution in [1.29, 1.82) is 0 Å². The summed E-state index contributed by atoms with van der Waals surface area (Å²) in [5, 5.41) is 0. The fraction of sp³-hybridized carbons (Fsp3) is 0.706. The molecule has 0 radical (unpaired) electrons. The number of ether oxygens (including phenoxy) is 2. The molecular weight excluding hydrogens is 252 g/mol. The second kappa shape index (κ2) is 12.8. The Hall–Kier alpha value is -1.25. The summed E-state index contributed by atoms with van der Waals surface area (Å²) < 4.78 is 9.79. The number of hydrogen-bond donors (Lipinski definition) is 0. The van der Waals surface area contributed by atoms with E-state index in [4.69, 9.17) is 9.47 Å². The molecule has 0 aliphatic rings. The van der Waals surface area contributed by atoms with Crippen molar-refractivity contribution >= 4 is 6.16 Å². The van der Waals surface area contributed by atoms with Gasteiger partial charge in [-0.25, -0.2) is 4.79 Å². The number of allylic oxidation sites excluding steroid dienone is 1. The average molecular weight is 282 g/mol. The highest BCUT2D eigenvalue weighted by molar-refractivity contribution is 5.60. The van der Waals surface area contributed by atoms with Crippen LogP contribution in [0.2, 0.25) is 0 Å². The zero-order chi connectivity index (χ0) is 15.2. The maximum atomic E-state index is 11.1. The summed E-state index contributed by atoms with van der Waals surface area (Å²) in [5.74, 6) is 0. The van der Waals surface area contributed by atoms with E-state index < -0.39 is 6.16 Å². The van der Waals surface area contributed by atoms with Crippen LogP contribution in [-0.4, -0.2) is 18.9 Å². The van der Waals surface area contributed by atoms with Crippen LogP contribution in [0.15, 0.2) is 24.3 Å². The minimum atomic E-state index is -0.634. The topological polar surface area (TPSA) is 35.5 Å². The molecule has 0 spiro atoms. The minimum absolute atomic E-state index is 0.325. The van der Waals surface area contributed by atoms with Gasteiger partial charge in [-0.15, -0.1) is 0 Å². The van der Waals surface area contributed by atoms with E-state index in [0.717, 1.165) is 12.0 Å². The number of rotatable bonds is 11. The van der Waals surface area contributed by atoms with Crippen LogP contribution in [0, 0.1) is 0 Å². The normalized spacial score (nSPS) is 12.3. The van der Waals surface area contributed by atoms with Gasteiger partial charge in [0.05, 0.1) is 6.61 Å². The molecule has 0 N–H and O–H groups in total. The van der Waals surface area contributed by atoms with Gasteiger partial charge in [0.1, 0.15) is 6.10 Å². The van der Waals surface area contributed by atoms with E-state index in [1.165, 1.54) is 38.5 Å². The molecule has 1 atom stereocenters. The highest BCUT2D eigenvalue weighted by Gasteiger charge is 2.10. The number of unbranched alkanes of at least 4 members (excludes halogenated alkanes) is 6. The van der Waals surface area contributed by atoms with Crippen LogP contribution in [0.1, 0.15) is 65.7 Å². The van der Waals surface area contributed by atoms with Crippen molar-refractivity contribution in [2.75, 3.05) is 6.61 Å². The van der Waals surface area contributed by atoms with Crippen LogP contribution >= 0.6 is 0 Å². The van der Waals surface area contributed by atoms with Crippen molar-refractivity contribution in [2.45, 2.75) is 71.8 Å². The maximum Gasteiger partial charge on any atom is 0.508 e. The molecule has 0 bridgehead atoms. The van der Waals surface area contributed by atoms with Gasteiger partial charge in [-0.1, -0.05) is 57.8 Å². The molecule has 3 heteroatoms. The van der Waals surface area contributed by atoms with E-state index in [1.54, 1.807) is 13.8 Å². The smallest absolute Gasteiger partial charge is 0.435 e. The molecule has 3 nitrogen and oxygen atoms in total. The quantitative estimate of drug-likeness (QED) is 0.289. The predicted octanol–water partition coefficient (Wildman–Crippen LogP) is 5.41. The number of carbonyl (C=O) groups excluding carboxylic acids is 1. The molecular formula is C17H30O3. The second-order valence-electron chi connectivity index (χ2n) is 4.98. The summed E-state index contributed by atoms with van der Waals surface area (Å²) >= 11 is 0. The van der Waals surface area contributed by atoms with Crippen LogP contribution in [0.25, 0.3) is 0 Å². The Bertz CT molecular complexity index is 295. The highest BCUT2D eigenvalue weighted by atomic mass is 16.7. The molecule has 0 aliphatic heterocycles. The van der Waals surface area contributed by atoms with Crippen molar-refractivity contribution in [2.24, 2.45) is 0 Å². The molecule has 0 aliphatic carbocycles. The molecule has 0 aromatic rings. The molecule has 0 rings (SSSR count). The minimum Gasteiger partial charge on any atom is -0.435 e. The van der Waals surface area contributed by atoms with Gasteiger partial charge in [-0.3, -0.25) is 0 Å². The molecule has 0 saturated carbocycles. The third-order valence-electron chi connectivity index (χ3n) is 3.11. The lowest BCUT2D eigenvalue weighted by molar-refractivity contribution is 0.0433. The van der Waals surface area contributed by atoms with Crippen molar-refractivity contribution in [3.63, 3.8) is 0 Å². The molecule has 0 amide bonds. The lowest BCUT2D eigenvalue weighted by Gasteiger charge is -2.12. The largest absolute Gasteiger partial charge is 0.508 e.